The molecular weight excluding hydrogens is 355 g/mol. The zero-order valence-electron chi connectivity index (χ0n) is 9.95. The molecule has 2 atom stereocenters. The first-order valence-corrected chi connectivity index (χ1v) is 7.02. The summed E-state index contributed by atoms with van der Waals surface area (Å²) < 4.78 is 0.768. The molecule has 0 aromatic carbocycles. The molecular formula is C12H13BrCl2N2O2. The van der Waals surface area contributed by atoms with Crippen LogP contribution in [-0.4, -0.2) is 22.6 Å². The van der Waals surface area contributed by atoms with E-state index in [1.165, 1.54) is 0 Å². The molecule has 2 N–H and O–H groups in total. The van der Waals surface area contributed by atoms with E-state index >= 15 is 0 Å². The first kappa shape index (κ1) is 14.9. The van der Waals surface area contributed by atoms with Crippen molar-refractivity contribution in [3.05, 3.63) is 21.3 Å². The maximum Gasteiger partial charge on any atom is 0.306 e. The van der Waals surface area contributed by atoms with Gasteiger partial charge in [-0.2, -0.15) is 0 Å². The molecule has 2 aliphatic rings. The Hall–Kier alpha value is -0.520. The van der Waals surface area contributed by atoms with Crippen LogP contribution in [0.15, 0.2) is 10.7 Å². The molecule has 0 radical (unpaired) electrons. The van der Waals surface area contributed by atoms with Gasteiger partial charge >= 0.3 is 5.97 Å². The average Bonchev–Trinajstić information content (AvgIpc) is 2.91. The molecule has 1 aliphatic heterocycles. The Morgan fingerprint density at radius 1 is 1.63 bits per heavy atom. The van der Waals surface area contributed by atoms with Crippen molar-refractivity contribution in [3.8, 4) is 0 Å². The molecule has 0 unspecified atom stereocenters. The highest BCUT2D eigenvalue weighted by Gasteiger charge is 2.49. The van der Waals surface area contributed by atoms with Crippen molar-refractivity contribution in [3.63, 3.8) is 0 Å². The van der Waals surface area contributed by atoms with Gasteiger partial charge in [-0.3, -0.25) is 4.79 Å². The molecule has 4 nitrogen and oxygen atoms in total. The lowest BCUT2D eigenvalue weighted by atomic mass is 9.80. The Bertz CT molecular complexity index is 541. The molecule has 2 heterocycles. The summed E-state index contributed by atoms with van der Waals surface area (Å²) in [4.78, 5) is 15.4. The number of aromatic nitrogens is 1. The van der Waals surface area contributed by atoms with Crippen LogP contribution in [0.3, 0.4) is 0 Å². The quantitative estimate of drug-likeness (QED) is 0.797. The number of carboxylic acids is 1. The number of hydrogen-bond donors (Lipinski definition) is 2. The maximum absolute atomic E-state index is 11.1. The third-order valence-corrected chi connectivity index (χ3v) is 5.28. The number of carbonyl (C=O) groups is 1. The van der Waals surface area contributed by atoms with Crippen LogP contribution in [0.4, 0.5) is 5.82 Å². The topological polar surface area (TPSA) is 62.2 Å². The van der Waals surface area contributed by atoms with E-state index in [2.05, 4.69) is 26.2 Å². The number of nitrogens with zero attached hydrogens (tertiary/aromatic N) is 1. The molecule has 7 heteroatoms. The number of pyridine rings is 1. The van der Waals surface area contributed by atoms with Gasteiger partial charge in [-0.25, -0.2) is 4.98 Å². The van der Waals surface area contributed by atoms with E-state index in [0.29, 0.717) is 17.9 Å². The average molecular weight is 368 g/mol. The van der Waals surface area contributed by atoms with Crippen molar-refractivity contribution in [2.75, 3.05) is 11.9 Å². The second kappa shape index (κ2) is 5.11. The van der Waals surface area contributed by atoms with Gasteiger partial charge in [0.1, 0.15) is 5.82 Å². The Balaban J connectivity index is 0.00000133. The van der Waals surface area contributed by atoms with E-state index < -0.39 is 5.97 Å². The van der Waals surface area contributed by atoms with Crippen LogP contribution in [-0.2, 0) is 10.2 Å². The fraction of sp³-hybridized carbons (Fsp3) is 0.500. The molecule has 104 valence electrons. The zero-order valence-corrected chi connectivity index (χ0v) is 13.1. The first-order valence-electron chi connectivity index (χ1n) is 5.85. The number of anilines is 1. The molecule has 1 fully saturated rings. The SMILES string of the molecule is Cl.O=C(O)[C@H]1CC[C@@]2(CNc3ncc(Br)c(Cl)c32)C1. The number of halogens is 3. The second-order valence-corrected chi connectivity index (χ2v) is 6.29. The van der Waals surface area contributed by atoms with Crippen LogP contribution >= 0.6 is 39.9 Å². The standard InChI is InChI=1S/C12H12BrClN2O2.ClH/c13-7-4-15-10-8(9(7)14)12(5-16-10)2-1-6(3-12)11(17)18;/h4,6H,1-3,5H2,(H,15,16)(H,17,18);1H/t6-,12-;/m0./s1. The minimum Gasteiger partial charge on any atom is -0.481 e. The summed E-state index contributed by atoms with van der Waals surface area (Å²) in [6.45, 7) is 0.731. The van der Waals surface area contributed by atoms with Crippen molar-refractivity contribution in [2.45, 2.75) is 24.7 Å². The summed E-state index contributed by atoms with van der Waals surface area (Å²) >= 11 is 9.75. The van der Waals surface area contributed by atoms with Gasteiger partial charge in [-0.05, 0) is 35.2 Å². The molecule has 1 aliphatic carbocycles. The van der Waals surface area contributed by atoms with Crippen molar-refractivity contribution < 1.29 is 9.90 Å². The normalized spacial score (nSPS) is 27.8. The number of carboxylic acid groups (broad SMARTS) is 1. The Labute approximate surface area is 130 Å². The summed E-state index contributed by atoms with van der Waals surface area (Å²) in [6, 6.07) is 0. The number of rotatable bonds is 1. The third kappa shape index (κ3) is 2.22. The third-order valence-electron chi connectivity index (χ3n) is 4.06. The second-order valence-electron chi connectivity index (χ2n) is 5.06. The number of aliphatic carboxylic acids is 1. The lowest BCUT2D eigenvalue weighted by Crippen LogP contribution is -2.26. The van der Waals surface area contributed by atoms with Crippen LogP contribution in [0.25, 0.3) is 0 Å². The zero-order chi connectivity index (χ0) is 12.9. The minimum absolute atomic E-state index is 0. The predicted molar refractivity (Wildman–Crippen MR) is 79.3 cm³/mol. The lowest BCUT2D eigenvalue weighted by molar-refractivity contribution is -0.141. The first-order chi connectivity index (χ1) is 8.53. The highest BCUT2D eigenvalue weighted by atomic mass is 79.9. The van der Waals surface area contributed by atoms with E-state index in [-0.39, 0.29) is 23.7 Å². The highest BCUT2D eigenvalue weighted by molar-refractivity contribution is 9.10. The molecule has 1 spiro atoms. The molecule has 1 aromatic rings. The molecule has 19 heavy (non-hydrogen) atoms. The van der Waals surface area contributed by atoms with E-state index in [0.717, 1.165) is 28.8 Å². The van der Waals surface area contributed by atoms with Crippen molar-refractivity contribution in [1.82, 2.24) is 4.98 Å². The summed E-state index contributed by atoms with van der Waals surface area (Å²) in [5, 5.41) is 13.1. The smallest absolute Gasteiger partial charge is 0.306 e. The fourth-order valence-electron chi connectivity index (χ4n) is 3.15. The van der Waals surface area contributed by atoms with Crippen molar-refractivity contribution >= 4 is 51.7 Å². The van der Waals surface area contributed by atoms with E-state index in [9.17, 15) is 4.79 Å². The number of nitrogens with one attached hydrogen (secondary N) is 1. The predicted octanol–water partition coefficient (Wildman–Crippen LogP) is 3.47. The van der Waals surface area contributed by atoms with E-state index in [4.69, 9.17) is 16.7 Å². The van der Waals surface area contributed by atoms with E-state index in [1.54, 1.807) is 6.20 Å². The highest BCUT2D eigenvalue weighted by Crippen LogP contribution is 2.52. The minimum atomic E-state index is -0.709. The van der Waals surface area contributed by atoms with Crippen LogP contribution in [0.5, 0.6) is 0 Å². The largest absolute Gasteiger partial charge is 0.481 e. The molecule has 3 rings (SSSR count). The summed E-state index contributed by atoms with van der Waals surface area (Å²) in [5.41, 5.74) is 0.828. The van der Waals surface area contributed by atoms with Crippen LogP contribution < -0.4 is 5.32 Å². The van der Waals surface area contributed by atoms with Gasteiger partial charge in [-0.1, -0.05) is 11.6 Å². The fourth-order valence-corrected chi connectivity index (χ4v) is 3.79. The Kier molecular flexibility index (Phi) is 4.00. The van der Waals surface area contributed by atoms with Crippen molar-refractivity contribution in [2.24, 2.45) is 5.92 Å². The summed E-state index contributed by atoms with van der Waals surface area (Å²) in [5.74, 6) is -0.179. The van der Waals surface area contributed by atoms with Gasteiger partial charge in [-0.15, -0.1) is 12.4 Å². The van der Waals surface area contributed by atoms with Crippen LogP contribution in [0.1, 0.15) is 24.8 Å². The molecule has 0 amide bonds. The summed E-state index contributed by atoms with van der Waals surface area (Å²) in [7, 11) is 0. The summed E-state index contributed by atoms with van der Waals surface area (Å²) in [6.07, 6.45) is 3.87. The molecule has 0 bridgehead atoms. The van der Waals surface area contributed by atoms with Crippen LogP contribution in [0, 0.1) is 5.92 Å². The maximum atomic E-state index is 11.1. The monoisotopic (exact) mass is 366 g/mol. The van der Waals surface area contributed by atoms with Gasteiger partial charge < -0.3 is 10.4 Å². The number of hydrogen-bond acceptors (Lipinski definition) is 3. The number of fused-ring (bicyclic) bond motifs is 2. The van der Waals surface area contributed by atoms with Crippen molar-refractivity contribution in [1.29, 1.82) is 0 Å². The van der Waals surface area contributed by atoms with Gasteiger partial charge in [0.05, 0.1) is 15.4 Å². The van der Waals surface area contributed by atoms with Gasteiger partial charge in [0.25, 0.3) is 0 Å². The Morgan fingerprint density at radius 3 is 3.00 bits per heavy atom. The Morgan fingerprint density at radius 2 is 2.37 bits per heavy atom. The molecule has 1 saturated carbocycles. The lowest BCUT2D eigenvalue weighted by Gasteiger charge is -2.24. The van der Waals surface area contributed by atoms with Gasteiger partial charge in [0.2, 0.25) is 0 Å². The molecule has 0 saturated heterocycles. The van der Waals surface area contributed by atoms with Gasteiger partial charge in [0, 0.05) is 23.7 Å². The molecule has 1 aromatic heterocycles. The van der Waals surface area contributed by atoms with Gasteiger partial charge in [0.15, 0.2) is 0 Å². The van der Waals surface area contributed by atoms with Crippen LogP contribution in [0.2, 0.25) is 5.02 Å². The van der Waals surface area contributed by atoms with E-state index in [1.807, 2.05) is 0 Å².